The number of ether oxygens (including phenoxy) is 1. The Labute approximate surface area is 134 Å². The number of hydrogen-bond acceptors (Lipinski definition) is 5. The lowest BCUT2D eigenvalue weighted by Crippen LogP contribution is -2.04. The fraction of sp³-hybridized carbons (Fsp3) is 0.0667. The molecule has 9 heteroatoms. The number of aromatic carboxylic acids is 1. The third-order valence-corrected chi connectivity index (χ3v) is 3.09. The lowest BCUT2D eigenvalue weighted by Gasteiger charge is -2.08. The van der Waals surface area contributed by atoms with Crippen LogP contribution in [0.25, 0.3) is 5.95 Å². The normalized spacial score (nSPS) is 10.6. The van der Waals surface area contributed by atoms with Gasteiger partial charge in [-0.1, -0.05) is 6.07 Å². The monoisotopic (exact) mass is 332 g/mol. The van der Waals surface area contributed by atoms with Crippen molar-refractivity contribution in [1.82, 2.24) is 19.7 Å². The van der Waals surface area contributed by atoms with Crippen LogP contribution in [-0.4, -0.2) is 30.8 Å². The van der Waals surface area contributed by atoms with Crippen LogP contribution in [0.5, 0.6) is 5.75 Å². The number of carbonyl (C=O) groups is 1. The minimum atomic E-state index is -1.12. The second-order valence-electron chi connectivity index (χ2n) is 4.69. The van der Waals surface area contributed by atoms with Gasteiger partial charge in [-0.25, -0.2) is 28.2 Å². The third-order valence-electron chi connectivity index (χ3n) is 3.09. The van der Waals surface area contributed by atoms with E-state index in [1.807, 2.05) is 0 Å². The van der Waals surface area contributed by atoms with Crippen molar-refractivity contribution in [3.63, 3.8) is 0 Å². The summed E-state index contributed by atoms with van der Waals surface area (Å²) in [7, 11) is 0. The Bertz CT molecular complexity index is 860. The van der Waals surface area contributed by atoms with Gasteiger partial charge in [0.25, 0.3) is 5.95 Å². The van der Waals surface area contributed by atoms with Crippen molar-refractivity contribution in [2.75, 3.05) is 0 Å². The predicted octanol–water partition coefficient (Wildman–Crippen LogP) is 2.22. The van der Waals surface area contributed by atoms with Crippen LogP contribution >= 0.6 is 0 Å². The summed E-state index contributed by atoms with van der Waals surface area (Å²) in [5.41, 5.74) is -0.200. The van der Waals surface area contributed by atoms with Crippen LogP contribution in [0, 0.1) is 11.6 Å². The molecule has 1 N–H and O–H groups in total. The van der Waals surface area contributed by atoms with Gasteiger partial charge in [-0.3, -0.25) is 0 Å². The number of aromatic nitrogens is 4. The average molecular weight is 332 g/mol. The molecule has 122 valence electrons. The highest BCUT2D eigenvalue weighted by Crippen LogP contribution is 2.16. The van der Waals surface area contributed by atoms with Crippen LogP contribution in [0.15, 0.2) is 43.0 Å². The molecule has 0 unspecified atom stereocenters. The highest BCUT2D eigenvalue weighted by molar-refractivity contribution is 5.86. The second-order valence-corrected chi connectivity index (χ2v) is 4.69. The van der Waals surface area contributed by atoms with Crippen molar-refractivity contribution in [3.05, 3.63) is 65.7 Å². The molecule has 3 aromatic rings. The van der Waals surface area contributed by atoms with Gasteiger partial charge < -0.3 is 9.84 Å². The van der Waals surface area contributed by atoms with E-state index < -0.39 is 17.6 Å². The SMILES string of the molecule is O=C(O)c1cnn(-c2ncc(OCc3c(F)cccc3F)cn2)c1. The van der Waals surface area contributed by atoms with Crippen LogP contribution in [0.3, 0.4) is 0 Å². The van der Waals surface area contributed by atoms with Gasteiger partial charge >= 0.3 is 5.97 Å². The summed E-state index contributed by atoms with van der Waals surface area (Å²) in [5.74, 6) is -2.19. The lowest BCUT2D eigenvalue weighted by molar-refractivity contribution is 0.0697. The van der Waals surface area contributed by atoms with Crippen LogP contribution < -0.4 is 4.74 Å². The topological polar surface area (TPSA) is 90.1 Å². The summed E-state index contributed by atoms with van der Waals surface area (Å²) >= 11 is 0. The van der Waals surface area contributed by atoms with Gasteiger partial charge in [-0.2, -0.15) is 5.10 Å². The predicted molar refractivity (Wildman–Crippen MR) is 76.8 cm³/mol. The number of halogens is 2. The van der Waals surface area contributed by atoms with Crippen molar-refractivity contribution in [2.24, 2.45) is 0 Å². The van der Waals surface area contributed by atoms with Crippen LogP contribution in [0.2, 0.25) is 0 Å². The summed E-state index contributed by atoms with van der Waals surface area (Å²) in [6, 6.07) is 3.54. The maximum absolute atomic E-state index is 13.5. The fourth-order valence-electron chi connectivity index (χ4n) is 1.87. The molecule has 0 saturated heterocycles. The number of hydrogen-bond donors (Lipinski definition) is 1. The summed E-state index contributed by atoms with van der Waals surface area (Å²) in [4.78, 5) is 18.7. The minimum absolute atomic E-state index is 0.00560. The van der Waals surface area contributed by atoms with Crippen LogP contribution in [0.4, 0.5) is 8.78 Å². The van der Waals surface area contributed by atoms with E-state index in [1.165, 1.54) is 29.3 Å². The maximum Gasteiger partial charge on any atom is 0.338 e. The molecule has 2 aromatic heterocycles. The Morgan fingerprint density at radius 2 is 1.83 bits per heavy atom. The highest BCUT2D eigenvalue weighted by Gasteiger charge is 2.11. The molecule has 1 aromatic carbocycles. The molecule has 0 atom stereocenters. The van der Waals surface area contributed by atoms with E-state index in [0.717, 1.165) is 18.3 Å². The van der Waals surface area contributed by atoms with Crippen molar-refractivity contribution < 1.29 is 23.4 Å². The zero-order valence-corrected chi connectivity index (χ0v) is 12.1. The van der Waals surface area contributed by atoms with E-state index in [0.29, 0.717) is 0 Å². The first kappa shape index (κ1) is 15.5. The molecule has 24 heavy (non-hydrogen) atoms. The molecule has 0 fully saturated rings. The maximum atomic E-state index is 13.5. The minimum Gasteiger partial charge on any atom is -0.485 e. The molecule has 0 spiro atoms. The van der Waals surface area contributed by atoms with E-state index in [-0.39, 0.29) is 29.4 Å². The third kappa shape index (κ3) is 3.19. The van der Waals surface area contributed by atoms with Crippen molar-refractivity contribution in [3.8, 4) is 11.7 Å². The number of benzene rings is 1. The Morgan fingerprint density at radius 3 is 2.42 bits per heavy atom. The van der Waals surface area contributed by atoms with E-state index >= 15 is 0 Å². The number of nitrogens with zero attached hydrogens (tertiary/aromatic N) is 4. The quantitative estimate of drug-likeness (QED) is 0.770. The molecule has 0 aliphatic heterocycles. The van der Waals surface area contributed by atoms with Gasteiger partial charge in [0, 0.05) is 6.20 Å². The standard InChI is InChI=1S/C15H10F2N4O3/c16-12-2-1-3-13(17)11(12)8-24-10-5-18-15(19-6-10)21-7-9(4-20-21)14(22)23/h1-7H,8H2,(H,22,23). The van der Waals surface area contributed by atoms with E-state index in [9.17, 15) is 13.6 Å². The van der Waals surface area contributed by atoms with Gasteiger partial charge in [0.2, 0.25) is 0 Å². The van der Waals surface area contributed by atoms with Crippen molar-refractivity contribution in [1.29, 1.82) is 0 Å². The first-order valence-electron chi connectivity index (χ1n) is 6.70. The van der Waals surface area contributed by atoms with Gasteiger partial charge in [0.05, 0.1) is 29.7 Å². The molecular formula is C15H10F2N4O3. The summed E-state index contributed by atoms with van der Waals surface area (Å²) < 4.78 is 33.4. The van der Waals surface area contributed by atoms with Gasteiger partial charge in [-0.05, 0) is 12.1 Å². The molecule has 3 rings (SSSR count). The first-order chi connectivity index (χ1) is 11.5. The fourth-order valence-corrected chi connectivity index (χ4v) is 1.87. The van der Waals surface area contributed by atoms with Gasteiger partial charge in [0.1, 0.15) is 18.2 Å². The van der Waals surface area contributed by atoms with Gasteiger partial charge in [0.15, 0.2) is 5.75 Å². The summed E-state index contributed by atoms with van der Waals surface area (Å²) in [6.45, 7) is -0.313. The smallest absolute Gasteiger partial charge is 0.338 e. The zero-order chi connectivity index (χ0) is 17.1. The number of carboxylic acids is 1. The molecule has 0 bridgehead atoms. The summed E-state index contributed by atoms with van der Waals surface area (Å²) in [5, 5.41) is 12.7. The Kier molecular flexibility index (Phi) is 4.15. The Hall–Kier alpha value is -3.36. The van der Waals surface area contributed by atoms with E-state index in [2.05, 4.69) is 15.1 Å². The van der Waals surface area contributed by atoms with Gasteiger partial charge in [-0.15, -0.1) is 0 Å². The average Bonchev–Trinajstić information content (AvgIpc) is 3.05. The molecule has 2 heterocycles. The molecule has 0 radical (unpaired) electrons. The first-order valence-corrected chi connectivity index (χ1v) is 6.70. The van der Waals surface area contributed by atoms with Crippen LogP contribution in [-0.2, 0) is 6.61 Å². The Morgan fingerprint density at radius 1 is 1.17 bits per heavy atom. The number of rotatable bonds is 5. The molecule has 0 amide bonds. The van der Waals surface area contributed by atoms with Crippen molar-refractivity contribution >= 4 is 5.97 Å². The van der Waals surface area contributed by atoms with Crippen molar-refractivity contribution in [2.45, 2.75) is 6.61 Å². The van der Waals surface area contributed by atoms with Crippen LogP contribution in [0.1, 0.15) is 15.9 Å². The summed E-state index contributed by atoms with van der Waals surface area (Å²) in [6.07, 6.45) is 5.01. The molecular weight excluding hydrogens is 322 g/mol. The molecule has 0 aliphatic rings. The molecule has 7 nitrogen and oxygen atoms in total. The second kappa shape index (κ2) is 6.41. The molecule has 0 aliphatic carbocycles. The zero-order valence-electron chi connectivity index (χ0n) is 12.1. The molecule has 0 saturated carbocycles. The Balaban J connectivity index is 1.71. The van der Waals surface area contributed by atoms with E-state index in [1.54, 1.807) is 0 Å². The number of carboxylic acid groups (broad SMARTS) is 1. The highest BCUT2D eigenvalue weighted by atomic mass is 19.1. The van der Waals surface area contributed by atoms with E-state index in [4.69, 9.17) is 9.84 Å². The lowest BCUT2D eigenvalue weighted by atomic mass is 10.2. The largest absolute Gasteiger partial charge is 0.485 e.